The van der Waals surface area contributed by atoms with Crippen molar-refractivity contribution in [2.24, 2.45) is 0 Å². The van der Waals surface area contributed by atoms with Crippen LogP contribution in [0.3, 0.4) is 0 Å². The minimum atomic E-state index is -0.870. The standard InChI is InChI=1S/C2H6B.C2H6OP/c1-3-2;1-4(2)3/h1-2H3;1-2H3/q;+1. The molecule has 0 aliphatic carbocycles. The Labute approximate surface area is 47.5 Å². The van der Waals surface area contributed by atoms with Crippen LogP contribution in [0.5, 0.6) is 0 Å². The van der Waals surface area contributed by atoms with Crippen LogP contribution in [0.4, 0.5) is 0 Å². The third-order valence-corrected chi connectivity index (χ3v) is 0. The molecule has 0 heterocycles. The van der Waals surface area contributed by atoms with Gasteiger partial charge in [-0.1, -0.05) is 18.2 Å². The molecule has 0 aliphatic rings. The van der Waals surface area contributed by atoms with Gasteiger partial charge in [0, 0.05) is 0 Å². The topological polar surface area (TPSA) is 17.1 Å². The van der Waals surface area contributed by atoms with Crippen molar-refractivity contribution in [1.82, 2.24) is 0 Å². The Balaban J connectivity index is 0. The minimum Gasteiger partial charge on any atom is -0.0922 e. The van der Waals surface area contributed by atoms with Gasteiger partial charge in [-0.05, 0) is 0 Å². The van der Waals surface area contributed by atoms with Crippen LogP contribution in [0.25, 0.3) is 0 Å². The van der Waals surface area contributed by atoms with Crippen molar-refractivity contribution in [3.63, 3.8) is 0 Å². The van der Waals surface area contributed by atoms with E-state index in [0.29, 0.717) is 0 Å². The highest BCUT2D eigenvalue weighted by Crippen LogP contribution is 2.00. The Morgan fingerprint density at radius 1 is 1.29 bits per heavy atom. The Hall–Kier alpha value is 0.165. The number of hydrogen-bond acceptors (Lipinski definition) is 1. The first-order valence-corrected chi connectivity index (χ1v) is 4.39. The van der Waals surface area contributed by atoms with E-state index in [1.54, 1.807) is 13.3 Å². The molecule has 0 atom stereocenters. The highest BCUT2D eigenvalue weighted by atomic mass is 31.1. The average molecular weight is 118 g/mol. The molecular formula is C4H12BOP+. The van der Waals surface area contributed by atoms with E-state index >= 15 is 0 Å². The van der Waals surface area contributed by atoms with Crippen LogP contribution in [0.2, 0.25) is 13.6 Å². The maximum absolute atomic E-state index is 9.59. The molecule has 1 nitrogen and oxygen atoms in total. The molecule has 7 heavy (non-hydrogen) atoms. The molecule has 0 aliphatic heterocycles. The highest BCUT2D eigenvalue weighted by molar-refractivity contribution is 7.42. The monoisotopic (exact) mass is 118 g/mol. The predicted octanol–water partition coefficient (Wildman–Crippen LogP) is 1.86. The second kappa shape index (κ2) is 9.48. The summed E-state index contributed by atoms with van der Waals surface area (Å²) in [5.74, 6) is 0. The fraction of sp³-hybridized carbons (Fsp3) is 1.00. The second-order valence-corrected chi connectivity index (χ2v) is 3.01. The fourth-order valence-corrected chi connectivity index (χ4v) is 0. The summed E-state index contributed by atoms with van der Waals surface area (Å²) in [6.45, 7) is 7.35. The summed E-state index contributed by atoms with van der Waals surface area (Å²) >= 11 is 0. The van der Waals surface area contributed by atoms with Crippen molar-refractivity contribution < 1.29 is 4.57 Å². The number of hydrogen-bond donors (Lipinski definition) is 0. The van der Waals surface area contributed by atoms with Crippen LogP contribution in [0, 0.1) is 0 Å². The van der Waals surface area contributed by atoms with Crippen molar-refractivity contribution in [3.8, 4) is 0 Å². The van der Waals surface area contributed by atoms with Gasteiger partial charge in [-0.3, -0.25) is 0 Å². The molecule has 0 saturated heterocycles. The zero-order valence-corrected chi connectivity index (χ0v) is 6.33. The molecule has 0 saturated carbocycles. The van der Waals surface area contributed by atoms with Crippen molar-refractivity contribution >= 4 is 15.1 Å². The van der Waals surface area contributed by atoms with Gasteiger partial charge in [0.1, 0.15) is 20.6 Å². The summed E-state index contributed by atoms with van der Waals surface area (Å²) in [5.41, 5.74) is 0. The largest absolute Gasteiger partial charge is 0.332 e. The van der Waals surface area contributed by atoms with Crippen LogP contribution in [-0.4, -0.2) is 20.6 Å². The molecule has 0 spiro atoms. The fourth-order valence-electron chi connectivity index (χ4n) is 0. The quantitative estimate of drug-likeness (QED) is 0.350. The van der Waals surface area contributed by atoms with E-state index in [9.17, 15) is 4.57 Å². The zero-order valence-electron chi connectivity index (χ0n) is 5.43. The normalized spacial score (nSPS) is 5.71. The molecule has 0 rings (SSSR count). The average Bonchev–Trinajstić information content (AvgIpc) is 1.33. The molecular weight excluding hydrogens is 106 g/mol. The van der Waals surface area contributed by atoms with Gasteiger partial charge in [0.15, 0.2) is 0 Å². The smallest absolute Gasteiger partial charge is 0.0922 e. The van der Waals surface area contributed by atoms with E-state index in [0.717, 1.165) is 0 Å². The van der Waals surface area contributed by atoms with E-state index in [4.69, 9.17) is 0 Å². The van der Waals surface area contributed by atoms with Gasteiger partial charge in [-0.15, -0.1) is 0 Å². The summed E-state index contributed by atoms with van der Waals surface area (Å²) in [6, 6.07) is 0. The lowest BCUT2D eigenvalue weighted by atomic mass is 9.88. The first kappa shape index (κ1) is 10.2. The van der Waals surface area contributed by atoms with Crippen molar-refractivity contribution in [1.29, 1.82) is 0 Å². The molecule has 0 N–H and O–H groups in total. The van der Waals surface area contributed by atoms with Crippen LogP contribution < -0.4 is 0 Å². The lowest BCUT2D eigenvalue weighted by Crippen LogP contribution is -1.53. The van der Waals surface area contributed by atoms with E-state index in [1.165, 1.54) is 0 Å². The maximum atomic E-state index is 9.59. The molecule has 0 fully saturated rings. The highest BCUT2D eigenvalue weighted by Gasteiger charge is 1.80. The van der Waals surface area contributed by atoms with E-state index in [-0.39, 0.29) is 0 Å². The molecule has 0 aromatic rings. The predicted molar refractivity (Wildman–Crippen MR) is 36.9 cm³/mol. The summed E-state index contributed by atoms with van der Waals surface area (Å²) < 4.78 is 9.59. The van der Waals surface area contributed by atoms with Crippen molar-refractivity contribution in [2.75, 3.05) is 13.3 Å². The second-order valence-electron chi connectivity index (χ2n) is 1.39. The Kier molecular flexibility index (Phi) is 13.8. The molecule has 1 radical (unpaired) electrons. The van der Waals surface area contributed by atoms with Gasteiger partial charge in [-0.25, -0.2) is 0 Å². The molecule has 0 aromatic heterocycles. The minimum absolute atomic E-state index is 0.870. The molecule has 0 aromatic carbocycles. The summed E-state index contributed by atoms with van der Waals surface area (Å²) in [4.78, 5) is 0. The van der Waals surface area contributed by atoms with E-state index < -0.39 is 7.80 Å². The molecule has 0 amide bonds. The first-order valence-electron chi connectivity index (χ1n) is 2.23. The Morgan fingerprint density at radius 3 is 1.29 bits per heavy atom. The van der Waals surface area contributed by atoms with Gasteiger partial charge < -0.3 is 0 Å². The van der Waals surface area contributed by atoms with E-state index in [2.05, 4.69) is 0 Å². The van der Waals surface area contributed by atoms with Gasteiger partial charge >= 0.3 is 7.80 Å². The lowest BCUT2D eigenvalue weighted by molar-refractivity contribution is 0.594. The van der Waals surface area contributed by atoms with Crippen LogP contribution >= 0.6 is 7.80 Å². The van der Waals surface area contributed by atoms with Crippen molar-refractivity contribution in [2.45, 2.75) is 13.6 Å². The van der Waals surface area contributed by atoms with Gasteiger partial charge in [-0.2, -0.15) is 0 Å². The van der Waals surface area contributed by atoms with Gasteiger partial charge in [0.2, 0.25) is 0 Å². The third-order valence-electron chi connectivity index (χ3n) is 0. The SMILES string of the molecule is C[B]C.C[P+](C)=O. The summed E-state index contributed by atoms with van der Waals surface area (Å²) in [5, 5.41) is 0. The van der Waals surface area contributed by atoms with Crippen LogP contribution in [0.15, 0.2) is 0 Å². The Bertz CT molecular complexity index is 43.0. The summed E-state index contributed by atoms with van der Waals surface area (Å²) in [7, 11) is 1.13. The molecule has 41 valence electrons. The molecule has 3 heteroatoms. The van der Waals surface area contributed by atoms with Crippen LogP contribution in [-0.2, 0) is 4.57 Å². The third kappa shape index (κ3) is 3930. The van der Waals surface area contributed by atoms with Crippen LogP contribution in [0.1, 0.15) is 0 Å². The summed E-state index contributed by atoms with van der Waals surface area (Å²) in [6.07, 6.45) is 0. The molecule has 0 unspecified atom stereocenters. The zero-order chi connectivity index (χ0) is 6.28. The Morgan fingerprint density at radius 2 is 1.29 bits per heavy atom. The maximum Gasteiger partial charge on any atom is 0.332 e. The van der Waals surface area contributed by atoms with E-state index in [1.807, 2.05) is 20.9 Å². The lowest BCUT2D eigenvalue weighted by Gasteiger charge is -1.41. The first-order chi connectivity index (χ1) is 3.15. The van der Waals surface area contributed by atoms with Gasteiger partial charge in [0.25, 0.3) is 0 Å². The molecule has 0 bridgehead atoms. The van der Waals surface area contributed by atoms with Crippen molar-refractivity contribution in [3.05, 3.63) is 0 Å². The van der Waals surface area contributed by atoms with Gasteiger partial charge in [0.05, 0.1) is 0 Å². The number of rotatable bonds is 0.